The van der Waals surface area contributed by atoms with E-state index in [9.17, 15) is 9.59 Å². The minimum absolute atomic E-state index is 0.0237. The van der Waals surface area contributed by atoms with Crippen molar-refractivity contribution < 1.29 is 14.3 Å². The summed E-state index contributed by atoms with van der Waals surface area (Å²) < 4.78 is 4.15. The van der Waals surface area contributed by atoms with Crippen LogP contribution < -0.4 is 0 Å². The highest BCUT2D eigenvalue weighted by Gasteiger charge is 2.34. The second kappa shape index (κ2) is 6.59. The van der Waals surface area contributed by atoms with Gasteiger partial charge in [0.2, 0.25) is 0 Å². The lowest BCUT2D eigenvalue weighted by molar-refractivity contribution is -0.145. The summed E-state index contributed by atoms with van der Waals surface area (Å²) in [5.41, 5.74) is 0. The number of hydrogen-bond acceptors (Lipinski definition) is 4. The van der Waals surface area contributed by atoms with Crippen LogP contribution in [-0.4, -0.2) is 23.1 Å². The molecule has 0 aliphatic carbocycles. The molecule has 0 bridgehead atoms. The van der Waals surface area contributed by atoms with Crippen molar-refractivity contribution in [1.82, 2.24) is 0 Å². The number of carbonyl (C=O) groups excluding carboxylic acids is 2. The van der Waals surface area contributed by atoms with Crippen LogP contribution in [0.15, 0.2) is 35.2 Å². The minimum Gasteiger partial charge on any atom is -0.466 e. The quantitative estimate of drug-likeness (QED) is 0.586. The molecule has 0 fully saturated rings. The molecule has 1 rings (SSSR count). The fraction of sp³-hybridized carbons (Fsp3) is 0.429. The molecule has 0 saturated heterocycles. The molecule has 0 amide bonds. The SMILES string of the molecule is CCOC(=O)CC(C)(Sc1ccccc1)C(C)=O. The first-order chi connectivity index (χ1) is 8.48. The normalized spacial score (nSPS) is 13.7. The highest BCUT2D eigenvalue weighted by molar-refractivity contribution is 8.01. The molecule has 3 nitrogen and oxygen atoms in total. The summed E-state index contributed by atoms with van der Waals surface area (Å²) in [5, 5.41) is 0. The zero-order chi connectivity index (χ0) is 13.6. The second-order valence-corrected chi connectivity index (χ2v) is 5.76. The fourth-order valence-corrected chi connectivity index (χ4v) is 2.62. The maximum Gasteiger partial charge on any atom is 0.307 e. The maximum atomic E-state index is 11.8. The van der Waals surface area contributed by atoms with Crippen molar-refractivity contribution in [2.45, 2.75) is 36.8 Å². The van der Waals surface area contributed by atoms with E-state index >= 15 is 0 Å². The van der Waals surface area contributed by atoms with Gasteiger partial charge in [0.1, 0.15) is 5.78 Å². The fourth-order valence-electron chi connectivity index (χ4n) is 1.47. The Bertz CT molecular complexity index is 416. The number of rotatable bonds is 6. The van der Waals surface area contributed by atoms with E-state index in [4.69, 9.17) is 4.74 Å². The molecular formula is C14H18O3S. The van der Waals surface area contributed by atoms with Crippen LogP contribution in [0.1, 0.15) is 27.2 Å². The number of benzene rings is 1. The lowest BCUT2D eigenvalue weighted by Gasteiger charge is -2.24. The first-order valence-electron chi connectivity index (χ1n) is 5.88. The third-order valence-electron chi connectivity index (χ3n) is 2.62. The van der Waals surface area contributed by atoms with E-state index in [1.807, 2.05) is 30.3 Å². The molecule has 0 aliphatic heterocycles. The topological polar surface area (TPSA) is 43.4 Å². The van der Waals surface area contributed by atoms with Gasteiger partial charge in [-0.05, 0) is 32.9 Å². The predicted octanol–water partition coefficient (Wildman–Crippen LogP) is 3.08. The van der Waals surface area contributed by atoms with Crippen LogP contribution in [0.25, 0.3) is 0 Å². The standard InChI is InChI=1S/C14H18O3S/c1-4-17-13(16)10-14(3,11(2)15)18-12-8-6-5-7-9-12/h5-9H,4,10H2,1-3H3. The van der Waals surface area contributed by atoms with E-state index in [2.05, 4.69) is 0 Å². The third-order valence-corrected chi connectivity index (χ3v) is 4.01. The number of thioether (sulfide) groups is 1. The summed E-state index contributed by atoms with van der Waals surface area (Å²) in [4.78, 5) is 24.3. The summed E-state index contributed by atoms with van der Waals surface area (Å²) in [6, 6.07) is 9.59. The Kier molecular flexibility index (Phi) is 5.41. The van der Waals surface area contributed by atoms with Gasteiger partial charge in [-0.1, -0.05) is 18.2 Å². The molecule has 1 aromatic rings. The van der Waals surface area contributed by atoms with E-state index in [1.54, 1.807) is 13.8 Å². The van der Waals surface area contributed by atoms with Gasteiger partial charge in [0.25, 0.3) is 0 Å². The largest absolute Gasteiger partial charge is 0.466 e. The number of ketones is 1. The zero-order valence-corrected chi connectivity index (χ0v) is 11.8. The molecule has 1 aromatic carbocycles. The number of ether oxygens (including phenoxy) is 1. The Morgan fingerprint density at radius 3 is 2.39 bits per heavy atom. The second-order valence-electron chi connectivity index (χ2n) is 4.18. The monoisotopic (exact) mass is 266 g/mol. The molecule has 0 heterocycles. The van der Waals surface area contributed by atoms with Crippen molar-refractivity contribution in [1.29, 1.82) is 0 Å². The van der Waals surface area contributed by atoms with Gasteiger partial charge < -0.3 is 4.74 Å². The summed E-state index contributed by atoms with van der Waals surface area (Å²) in [7, 11) is 0. The van der Waals surface area contributed by atoms with Crippen LogP contribution in [0, 0.1) is 0 Å². The molecule has 1 unspecified atom stereocenters. The van der Waals surface area contributed by atoms with Crippen molar-refractivity contribution >= 4 is 23.5 Å². The van der Waals surface area contributed by atoms with Gasteiger partial charge in [0.15, 0.2) is 0 Å². The van der Waals surface area contributed by atoms with Crippen molar-refractivity contribution in [3.8, 4) is 0 Å². The molecule has 98 valence electrons. The van der Waals surface area contributed by atoms with Crippen molar-refractivity contribution in [2.24, 2.45) is 0 Å². The van der Waals surface area contributed by atoms with Gasteiger partial charge in [-0.3, -0.25) is 9.59 Å². The molecule has 0 aromatic heterocycles. The van der Waals surface area contributed by atoms with Crippen LogP contribution >= 0.6 is 11.8 Å². The average molecular weight is 266 g/mol. The van der Waals surface area contributed by atoms with Gasteiger partial charge in [-0.15, -0.1) is 11.8 Å². The highest BCUT2D eigenvalue weighted by atomic mass is 32.2. The Morgan fingerprint density at radius 2 is 1.89 bits per heavy atom. The van der Waals surface area contributed by atoms with Gasteiger partial charge >= 0.3 is 5.97 Å². The highest BCUT2D eigenvalue weighted by Crippen LogP contribution is 2.36. The molecule has 0 saturated carbocycles. The van der Waals surface area contributed by atoms with E-state index in [0.717, 1.165) is 4.90 Å². The Hall–Kier alpha value is -1.29. The number of carbonyl (C=O) groups is 2. The molecule has 1 atom stereocenters. The Balaban J connectivity index is 2.81. The predicted molar refractivity (Wildman–Crippen MR) is 72.6 cm³/mol. The molecule has 0 aliphatic rings. The lowest BCUT2D eigenvalue weighted by Crippen LogP contribution is -2.33. The third kappa shape index (κ3) is 4.18. The van der Waals surface area contributed by atoms with Crippen molar-refractivity contribution in [3.63, 3.8) is 0 Å². The van der Waals surface area contributed by atoms with Gasteiger partial charge in [-0.2, -0.15) is 0 Å². The smallest absolute Gasteiger partial charge is 0.307 e. The molecule has 0 radical (unpaired) electrons. The summed E-state index contributed by atoms with van der Waals surface area (Å²) in [6.07, 6.45) is 0.0930. The van der Waals surface area contributed by atoms with Crippen molar-refractivity contribution in [2.75, 3.05) is 6.61 Å². The van der Waals surface area contributed by atoms with Crippen molar-refractivity contribution in [3.05, 3.63) is 30.3 Å². The molecular weight excluding hydrogens is 248 g/mol. The number of hydrogen-bond donors (Lipinski definition) is 0. The first kappa shape index (κ1) is 14.8. The minimum atomic E-state index is -0.770. The van der Waals surface area contributed by atoms with Crippen LogP contribution in [-0.2, 0) is 14.3 Å². The van der Waals surface area contributed by atoms with Gasteiger partial charge in [-0.25, -0.2) is 0 Å². The van der Waals surface area contributed by atoms with Gasteiger partial charge in [0, 0.05) is 4.90 Å². The maximum absolute atomic E-state index is 11.8. The molecule has 4 heteroatoms. The Morgan fingerprint density at radius 1 is 1.28 bits per heavy atom. The van der Waals surface area contributed by atoms with E-state index in [1.165, 1.54) is 18.7 Å². The van der Waals surface area contributed by atoms with E-state index in [-0.39, 0.29) is 18.2 Å². The van der Waals surface area contributed by atoms with Crippen LogP contribution in [0.2, 0.25) is 0 Å². The van der Waals surface area contributed by atoms with E-state index < -0.39 is 4.75 Å². The van der Waals surface area contributed by atoms with E-state index in [0.29, 0.717) is 6.61 Å². The zero-order valence-electron chi connectivity index (χ0n) is 10.9. The summed E-state index contributed by atoms with van der Waals surface area (Å²) >= 11 is 1.40. The molecule has 0 N–H and O–H groups in total. The lowest BCUT2D eigenvalue weighted by atomic mass is 10.0. The van der Waals surface area contributed by atoms with Crippen LogP contribution in [0.5, 0.6) is 0 Å². The Labute approximate surface area is 112 Å². The average Bonchev–Trinajstić information content (AvgIpc) is 2.30. The number of Topliss-reactive ketones (excluding diaryl/α,β-unsaturated/α-hetero) is 1. The molecule has 0 spiro atoms. The summed E-state index contributed by atoms with van der Waals surface area (Å²) in [5.74, 6) is -0.358. The first-order valence-corrected chi connectivity index (χ1v) is 6.70. The summed E-state index contributed by atoms with van der Waals surface area (Å²) in [6.45, 7) is 5.38. The van der Waals surface area contributed by atoms with Crippen LogP contribution in [0.4, 0.5) is 0 Å². The molecule has 18 heavy (non-hydrogen) atoms. The number of esters is 1. The van der Waals surface area contributed by atoms with Crippen LogP contribution in [0.3, 0.4) is 0 Å². The van der Waals surface area contributed by atoms with Gasteiger partial charge in [0.05, 0.1) is 17.8 Å².